The Morgan fingerprint density at radius 1 is 1.47 bits per heavy atom. The molecule has 1 aliphatic carbocycles. The highest BCUT2D eigenvalue weighted by atomic mass is 79.9. The van der Waals surface area contributed by atoms with Gasteiger partial charge in [0.1, 0.15) is 0 Å². The van der Waals surface area contributed by atoms with Crippen molar-refractivity contribution >= 4 is 21.6 Å². The zero-order chi connectivity index (χ0) is 12.3. The molecular weight excluding hydrogens is 280 g/mol. The quantitative estimate of drug-likeness (QED) is 0.821. The summed E-state index contributed by atoms with van der Waals surface area (Å²) in [6, 6.07) is 6.94. The van der Waals surface area contributed by atoms with Crippen LogP contribution >= 0.6 is 15.9 Å². The zero-order valence-corrected chi connectivity index (χ0v) is 11.7. The third-order valence-corrected chi connectivity index (χ3v) is 3.81. The van der Waals surface area contributed by atoms with E-state index in [1.165, 1.54) is 18.4 Å². The van der Waals surface area contributed by atoms with Gasteiger partial charge in [-0.3, -0.25) is 4.90 Å². The van der Waals surface area contributed by atoms with Crippen molar-refractivity contribution in [2.24, 2.45) is 0 Å². The zero-order valence-electron chi connectivity index (χ0n) is 10.2. The van der Waals surface area contributed by atoms with E-state index in [0.29, 0.717) is 0 Å². The molecule has 0 atom stereocenters. The van der Waals surface area contributed by atoms with Gasteiger partial charge >= 0.3 is 0 Å². The van der Waals surface area contributed by atoms with Gasteiger partial charge in [0, 0.05) is 36.4 Å². The number of halogens is 1. The molecule has 0 unspecified atom stereocenters. The van der Waals surface area contributed by atoms with Gasteiger partial charge in [-0.05, 0) is 46.5 Å². The first kappa shape index (κ1) is 12.9. The van der Waals surface area contributed by atoms with Crippen LogP contribution in [0.15, 0.2) is 22.7 Å². The van der Waals surface area contributed by atoms with E-state index in [-0.39, 0.29) is 0 Å². The standard InChI is InChI=1S/C13H19BrN2O/c1-17-7-6-16(11-3-4-11)9-10-2-5-12(14)13(15)8-10/h2,5,8,11H,3-4,6-7,9,15H2,1H3. The number of hydrogen-bond acceptors (Lipinski definition) is 3. The number of anilines is 1. The van der Waals surface area contributed by atoms with Crippen molar-refractivity contribution in [3.8, 4) is 0 Å². The third-order valence-electron chi connectivity index (χ3n) is 3.09. The molecule has 0 bridgehead atoms. The lowest BCUT2D eigenvalue weighted by Gasteiger charge is -2.21. The molecule has 17 heavy (non-hydrogen) atoms. The molecule has 1 aromatic carbocycles. The number of ether oxygens (including phenoxy) is 1. The van der Waals surface area contributed by atoms with Crippen LogP contribution in [0.5, 0.6) is 0 Å². The number of hydrogen-bond donors (Lipinski definition) is 1. The summed E-state index contributed by atoms with van der Waals surface area (Å²) in [5.41, 5.74) is 7.98. The lowest BCUT2D eigenvalue weighted by molar-refractivity contribution is 0.139. The van der Waals surface area contributed by atoms with Crippen LogP contribution in [0, 0.1) is 0 Å². The molecule has 0 radical (unpaired) electrons. The van der Waals surface area contributed by atoms with Gasteiger partial charge in [-0.15, -0.1) is 0 Å². The highest BCUT2D eigenvalue weighted by Crippen LogP contribution is 2.29. The molecule has 0 heterocycles. The molecule has 0 amide bonds. The van der Waals surface area contributed by atoms with Crippen molar-refractivity contribution in [2.45, 2.75) is 25.4 Å². The van der Waals surface area contributed by atoms with Gasteiger partial charge in [0.2, 0.25) is 0 Å². The van der Waals surface area contributed by atoms with Crippen LogP contribution in [-0.4, -0.2) is 31.2 Å². The van der Waals surface area contributed by atoms with Crippen LogP contribution in [0.2, 0.25) is 0 Å². The van der Waals surface area contributed by atoms with E-state index in [1.807, 2.05) is 12.1 Å². The number of nitrogens with two attached hydrogens (primary N) is 1. The molecule has 0 aromatic heterocycles. The Morgan fingerprint density at radius 3 is 2.82 bits per heavy atom. The molecule has 2 N–H and O–H groups in total. The van der Waals surface area contributed by atoms with Gasteiger partial charge in [0.25, 0.3) is 0 Å². The highest BCUT2D eigenvalue weighted by molar-refractivity contribution is 9.10. The molecule has 1 aromatic rings. The summed E-state index contributed by atoms with van der Waals surface area (Å²) in [5.74, 6) is 0. The fourth-order valence-corrected chi connectivity index (χ4v) is 2.21. The third kappa shape index (κ3) is 3.69. The minimum absolute atomic E-state index is 0.745. The summed E-state index contributed by atoms with van der Waals surface area (Å²) in [5, 5.41) is 0. The fraction of sp³-hybridized carbons (Fsp3) is 0.538. The van der Waals surface area contributed by atoms with Gasteiger partial charge in [-0.25, -0.2) is 0 Å². The van der Waals surface area contributed by atoms with Crippen LogP contribution in [0.1, 0.15) is 18.4 Å². The van der Waals surface area contributed by atoms with Crippen molar-refractivity contribution in [1.82, 2.24) is 4.90 Å². The Hall–Kier alpha value is -0.580. The van der Waals surface area contributed by atoms with Gasteiger partial charge < -0.3 is 10.5 Å². The summed E-state index contributed by atoms with van der Waals surface area (Å²) in [4.78, 5) is 2.48. The molecule has 2 rings (SSSR count). The van der Waals surface area contributed by atoms with E-state index < -0.39 is 0 Å². The van der Waals surface area contributed by atoms with Crippen LogP contribution < -0.4 is 5.73 Å². The average molecular weight is 299 g/mol. The first-order chi connectivity index (χ1) is 8.20. The number of nitrogen functional groups attached to an aromatic ring is 1. The monoisotopic (exact) mass is 298 g/mol. The average Bonchev–Trinajstić information content (AvgIpc) is 3.13. The second-order valence-electron chi connectivity index (χ2n) is 4.55. The second-order valence-corrected chi connectivity index (χ2v) is 5.40. The Morgan fingerprint density at radius 2 is 2.24 bits per heavy atom. The summed E-state index contributed by atoms with van der Waals surface area (Å²) < 4.78 is 6.13. The van der Waals surface area contributed by atoms with Crippen LogP contribution in [0.4, 0.5) is 5.69 Å². The first-order valence-electron chi connectivity index (χ1n) is 5.97. The molecule has 94 valence electrons. The van der Waals surface area contributed by atoms with Crippen molar-refractivity contribution < 1.29 is 4.74 Å². The first-order valence-corrected chi connectivity index (χ1v) is 6.77. The van der Waals surface area contributed by atoms with E-state index in [0.717, 1.165) is 35.9 Å². The summed E-state index contributed by atoms with van der Waals surface area (Å²) in [6.45, 7) is 2.76. The molecule has 3 nitrogen and oxygen atoms in total. The summed E-state index contributed by atoms with van der Waals surface area (Å²) in [6.07, 6.45) is 2.63. The Labute approximate surface area is 111 Å². The predicted octanol–water partition coefficient (Wildman–Crippen LogP) is 2.64. The normalized spacial score (nSPS) is 15.5. The van der Waals surface area contributed by atoms with Gasteiger partial charge in [0.05, 0.1) is 6.61 Å². The van der Waals surface area contributed by atoms with Crippen molar-refractivity contribution in [3.05, 3.63) is 28.2 Å². The van der Waals surface area contributed by atoms with E-state index >= 15 is 0 Å². The number of rotatable bonds is 6. The summed E-state index contributed by atoms with van der Waals surface area (Å²) >= 11 is 3.42. The highest BCUT2D eigenvalue weighted by Gasteiger charge is 2.28. The summed E-state index contributed by atoms with van der Waals surface area (Å²) in [7, 11) is 1.75. The van der Waals surface area contributed by atoms with Crippen LogP contribution in [0.25, 0.3) is 0 Å². The maximum Gasteiger partial charge on any atom is 0.0589 e. The van der Waals surface area contributed by atoms with Crippen LogP contribution in [0.3, 0.4) is 0 Å². The molecule has 1 saturated carbocycles. The lowest BCUT2D eigenvalue weighted by atomic mass is 10.2. The lowest BCUT2D eigenvalue weighted by Crippen LogP contribution is -2.29. The Kier molecular flexibility index (Phi) is 4.42. The maximum absolute atomic E-state index is 5.90. The second kappa shape index (κ2) is 5.85. The van der Waals surface area contributed by atoms with E-state index in [2.05, 4.69) is 26.9 Å². The predicted molar refractivity (Wildman–Crippen MR) is 73.9 cm³/mol. The minimum atomic E-state index is 0.745. The molecular formula is C13H19BrN2O. The molecule has 0 spiro atoms. The van der Waals surface area contributed by atoms with Crippen molar-refractivity contribution in [1.29, 1.82) is 0 Å². The van der Waals surface area contributed by atoms with E-state index in [4.69, 9.17) is 10.5 Å². The number of nitrogens with zero attached hydrogens (tertiary/aromatic N) is 1. The van der Waals surface area contributed by atoms with Crippen molar-refractivity contribution in [2.75, 3.05) is 26.0 Å². The largest absolute Gasteiger partial charge is 0.398 e. The maximum atomic E-state index is 5.90. The number of benzene rings is 1. The van der Waals surface area contributed by atoms with Gasteiger partial charge in [-0.2, -0.15) is 0 Å². The molecule has 4 heteroatoms. The SMILES string of the molecule is COCCN(Cc1ccc(Br)c(N)c1)C1CC1. The minimum Gasteiger partial charge on any atom is -0.398 e. The van der Waals surface area contributed by atoms with Gasteiger partial charge in [-0.1, -0.05) is 6.07 Å². The molecule has 0 aliphatic heterocycles. The van der Waals surface area contributed by atoms with Gasteiger partial charge in [0.15, 0.2) is 0 Å². The smallest absolute Gasteiger partial charge is 0.0589 e. The fourth-order valence-electron chi connectivity index (χ4n) is 1.97. The Bertz CT molecular complexity index is 380. The molecule has 0 saturated heterocycles. The van der Waals surface area contributed by atoms with Crippen LogP contribution in [-0.2, 0) is 11.3 Å². The number of methoxy groups -OCH3 is 1. The van der Waals surface area contributed by atoms with E-state index in [1.54, 1.807) is 7.11 Å². The Balaban J connectivity index is 1.98. The topological polar surface area (TPSA) is 38.5 Å². The van der Waals surface area contributed by atoms with Crippen molar-refractivity contribution in [3.63, 3.8) is 0 Å². The van der Waals surface area contributed by atoms with E-state index in [9.17, 15) is 0 Å². The molecule has 1 aliphatic rings. The molecule has 1 fully saturated rings.